The van der Waals surface area contributed by atoms with Crippen LogP contribution in [0, 0.1) is 6.92 Å². The summed E-state index contributed by atoms with van der Waals surface area (Å²) in [5, 5.41) is 0. The molecule has 0 aliphatic heterocycles. The molecule has 0 aliphatic rings. The Hall–Kier alpha value is -1.97. The lowest BCUT2D eigenvalue weighted by Gasteiger charge is -2.09. The molecule has 17 heavy (non-hydrogen) atoms. The summed E-state index contributed by atoms with van der Waals surface area (Å²) >= 11 is 0. The molecule has 1 heterocycles. The number of hydrogen-bond acceptors (Lipinski definition) is 3. The van der Waals surface area contributed by atoms with E-state index in [1.54, 1.807) is 7.11 Å². The first kappa shape index (κ1) is 11.5. The zero-order valence-electron chi connectivity index (χ0n) is 10.3. The highest BCUT2D eigenvalue weighted by Gasteiger charge is 2.06. The first-order valence-electron chi connectivity index (χ1n) is 5.45. The Morgan fingerprint density at radius 1 is 1.24 bits per heavy atom. The molecular formula is C13H16N2O2. The van der Waals surface area contributed by atoms with Gasteiger partial charge in [0.05, 0.1) is 12.8 Å². The van der Waals surface area contributed by atoms with Gasteiger partial charge in [0.25, 0.3) is 0 Å². The molecule has 4 heteroatoms. The van der Waals surface area contributed by atoms with E-state index in [9.17, 15) is 0 Å². The molecular weight excluding hydrogens is 216 g/mol. The molecule has 0 spiro atoms. The number of para-hydroxylation sites is 2. The van der Waals surface area contributed by atoms with Crippen molar-refractivity contribution in [2.75, 3.05) is 7.11 Å². The Labute approximate surface area is 101 Å². The second kappa shape index (κ2) is 4.91. The van der Waals surface area contributed by atoms with Crippen molar-refractivity contribution >= 4 is 0 Å². The average Bonchev–Trinajstić information content (AvgIpc) is 2.65. The number of aryl methyl sites for hydroxylation is 2. The smallest absolute Gasteiger partial charge is 0.161 e. The monoisotopic (exact) mass is 232 g/mol. The molecule has 0 aliphatic carbocycles. The van der Waals surface area contributed by atoms with Crippen molar-refractivity contribution in [3.8, 4) is 11.5 Å². The number of imidazole rings is 1. The van der Waals surface area contributed by atoms with Crippen molar-refractivity contribution in [1.82, 2.24) is 9.55 Å². The third-order valence-electron chi connectivity index (χ3n) is 2.52. The lowest BCUT2D eigenvalue weighted by Crippen LogP contribution is -2.03. The van der Waals surface area contributed by atoms with Gasteiger partial charge in [0.1, 0.15) is 12.4 Å². The molecule has 2 aromatic rings. The fourth-order valence-electron chi connectivity index (χ4n) is 1.68. The van der Waals surface area contributed by atoms with E-state index in [4.69, 9.17) is 9.47 Å². The van der Waals surface area contributed by atoms with Crippen LogP contribution in [0.5, 0.6) is 11.5 Å². The summed E-state index contributed by atoms with van der Waals surface area (Å²) in [6.45, 7) is 2.40. The third-order valence-corrected chi connectivity index (χ3v) is 2.52. The maximum atomic E-state index is 5.70. The van der Waals surface area contributed by atoms with Crippen LogP contribution in [0.15, 0.2) is 30.5 Å². The highest BCUT2D eigenvalue weighted by Crippen LogP contribution is 2.26. The minimum Gasteiger partial charge on any atom is -0.493 e. The van der Waals surface area contributed by atoms with Crippen LogP contribution in [0.1, 0.15) is 11.5 Å². The van der Waals surface area contributed by atoms with E-state index in [2.05, 4.69) is 4.98 Å². The first-order chi connectivity index (χ1) is 8.20. The van der Waals surface area contributed by atoms with Gasteiger partial charge in [-0.2, -0.15) is 0 Å². The SMILES string of the molecule is COc1ccccc1OCc1nc(C)cn1C. The van der Waals surface area contributed by atoms with Gasteiger partial charge in [-0.3, -0.25) is 0 Å². The molecule has 0 radical (unpaired) electrons. The van der Waals surface area contributed by atoms with E-state index < -0.39 is 0 Å². The number of ether oxygens (including phenoxy) is 2. The zero-order chi connectivity index (χ0) is 12.3. The molecule has 1 aromatic carbocycles. The lowest BCUT2D eigenvalue weighted by atomic mass is 10.3. The normalized spacial score (nSPS) is 10.3. The maximum absolute atomic E-state index is 5.70. The van der Waals surface area contributed by atoms with Gasteiger partial charge in [-0.05, 0) is 19.1 Å². The molecule has 90 valence electrons. The predicted octanol–water partition coefficient (Wildman–Crippen LogP) is 2.32. The minimum absolute atomic E-state index is 0.435. The molecule has 0 saturated heterocycles. The van der Waals surface area contributed by atoms with Crippen LogP contribution in [0.4, 0.5) is 0 Å². The van der Waals surface area contributed by atoms with Gasteiger partial charge in [0, 0.05) is 13.2 Å². The van der Waals surface area contributed by atoms with Crippen molar-refractivity contribution in [2.45, 2.75) is 13.5 Å². The highest BCUT2D eigenvalue weighted by molar-refractivity contribution is 5.39. The molecule has 0 amide bonds. The topological polar surface area (TPSA) is 36.3 Å². The summed E-state index contributed by atoms with van der Waals surface area (Å²) in [6, 6.07) is 7.59. The van der Waals surface area contributed by atoms with E-state index in [-0.39, 0.29) is 0 Å². The number of aromatic nitrogens is 2. The lowest BCUT2D eigenvalue weighted by molar-refractivity contribution is 0.273. The Morgan fingerprint density at radius 2 is 1.94 bits per heavy atom. The molecule has 0 unspecified atom stereocenters. The highest BCUT2D eigenvalue weighted by atomic mass is 16.5. The standard InChI is InChI=1S/C13H16N2O2/c1-10-8-15(2)13(14-10)9-17-12-7-5-4-6-11(12)16-3/h4-8H,9H2,1-3H3. The van der Waals surface area contributed by atoms with E-state index in [0.29, 0.717) is 6.61 Å². The summed E-state index contributed by atoms with van der Waals surface area (Å²) in [7, 11) is 3.59. The van der Waals surface area contributed by atoms with Crippen LogP contribution in [-0.2, 0) is 13.7 Å². The molecule has 0 bridgehead atoms. The van der Waals surface area contributed by atoms with Crippen molar-refractivity contribution in [2.24, 2.45) is 7.05 Å². The minimum atomic E-state index is 0.435. The van der Waals surface area contributed by atoms with Crippen LogP contribution in [-0.4, -0.2) is 16.7 Å². The summed E-state index contributed by atoms with van der Waals surface area (Å²) < 4.78 is 12.9. The molecule has 0 atom stereocenters. The first-order valence-corrected chi connectivity index (χ1v) is 5.45. The van der Waals surface area contributed by atoms with Crippen LogP contribution < -0.4 is 9.47 Å². The number of nitrogens with zero attached hydrogens (tertiary/aromatic N) is 2. The van der Waals surface area contributed by atoms with E-state index in [0.717, 1.165) is 23.0 Å². The summed E-state index contributed by atoms with van der Waals surface area (Å²) in [5.41, 5.74) is 0.992. The molecule has 0 saturated carbocycles. The van der Waals surface area contributed by atoms with E-state index in [1.165, 1.54) is 0 Å². The van der Waals surface area contributed by atoms with Crippen molar-refractivity contribution < 1.29 is 9.47 Å². The van der Waals surface area contributed by atoms with Crippen LogP contribution in [0.3, 0.4) is 0 Å². The predicted molar refractivity (Wildman–Crippen MR) is 65.3 cm³/mol. The number of methoxy groups -OCH3 is 1. The van der Waals surface area contributed by atoms with Crippen molar-refractivity contribution in [3.63, 3.8) is 0 Å². The Kier molecular flexibility index (Phi) is 3.32. The molecule has 1 aromatic heterocycles. The van der Waals surface area contributed by atoms with Gasteiger partial charge in [-0.1, -0.05) is 12.1 Å². The van der Waals surface area contributed by atoms with Crippen LogP contribution in [0.2, 0.25) is 0 Å². The van der Waals surface area contributed by atoms with E-state index in [1.807, 2.05) is 49.0 Å². The molecule has 4 nitrogen and oxygen atoms in total. The summed E-state index contributed by atoms with van der Waals surface area (Å²) in [4.78, 5) is 4.38. The van der Waals surface area contributed by atoms with Gasteiger partial charge < -0.3 is 14.0 Å². The average molecular weight is 232 g/mol. The van der Waals surface area contributed by atoms with Gasteiger partial charge in [0.15, 0.2) is 11.5 Å². The van der Waals surface area contributed by atoms with Crippen LogP contribution in [0.25, 0.3) is 0 Å². The Balaban J connectivity index is 2.09. The van der Waals surface area contributed by atoms with Crippen molar-refractivity contribution in [1.29, 1.82) is 0 Å². The number of benzene rings is 1. The third kappa shape index (κ3) is 2.58. The molecule has 0 fully saturated rings. The zero-order valence-corrected chi connectivity index (χ0v) is 10.3. The maximum Gasteiger partial charge on any atom is 0.161 e. The molecule has 2 rings (SSSR count). The summed E-state index contributed by atoms with van der Waals surface area (Å²) in [5.74, 6) is 2.36. The molecule has 0 N–H and O–H groups in total. The number of hydrogen-bond donors (Lipinski definition) is 0. The van der Waals surface area contributed by atoms with Crippen LogP contribution >= 0.6 is 0 Å². The Bertz CT molecular complexity index is 506. The Morgan fingerprint density at radius 3 is 2.53 bits per heavy atom. The van der Waals surface area contributed by atoms with Crippen molar-refractivity contribution in [3.05, 3.63) is 42.0 Å². The second-order valence-electron chi connectivity index (χ2n) is 3.85. The van der Waals surface area contributed by atoms with Gasteiger partial charge >= 0.3 is 0 Å². The second-order valence-corrected chi connectivity index (χ2v) is 3.85. The number of rotatable bonds is 4. The van der Waals surface area contributed by atoms with Gasteiger partial charge in [0.2, 0.25) is 0 Å². The summed E-state index contributed by atoms with van der Waals surface area (Å²) in [6.07, 6.45) is 1.97. The van der Waals surface area contributed by atoms with Gasteiger partial charge in [-0.25, -0.2) is 4.98 Å². The van der Waals surface area contributed by atoms with Gasteiger partial charge in [-0.15, -0.1) is 0 Å². The largest absolute Gasteiger partial charge is 0.493 e. The quantitative estimate of drug-likeness (QED) is 0.811. The fourth-order valence-corrected chi connectivity index (χ4v) is 1.68. The van der Waals surface area contributed by atoms with E-state index >= 15 is 0 Å². The fraction of sp³-hybridized carbons (Fsp3) is 0.308.